The number of piperidine rings is 1. The lowest BCUT2D eigenvalue weighted by Gasteiger charge is -2.31. The second-order valence-corrected chi connectivity index (χ2v) is 6.44. The predicted molar refractivity (Wildman–Crippen MR) is 85.3 cm³/mol. The molecule has 0 aromatic heterocycles. The number of carboxylic acids is 1. The summed E-state index contributed by atoms with van der Waals surface area (Å²) >= 11 is 1.50. The molecule has 0 aliphatic carbocycles. The topological polar surface area (TPSA) is 66.8 Å². The van der Waals surface area contributed by atoms with Crippen LogP contribution in [0.25, 0.3) is 0 Å². The van der Waals surface area contributed by atoms with E-state index >= 15 is 0 Å². The summed E-state index contributed by atoms with van der Waals surface area (Å²) in [5, 5.41) is 8.80. The number of ether oxygens (including phenoxy) is 1. The summed E-state index contributed by atoms with van der Waals surface area (Å²) in [7, 11) is 1.62. The Bertz CT molecular complexity index is 527. The number of hydrogen-bond acceptors (Lipinski definition) is 4. The number of carbonyl (C=O) groups excluding carboxylic acids is 1. The van der Waals surface area contributed by atoms with Gasteiger partial charge in [0.1, 0.15) is 5.75 Å². The smallest absolute Gasteiger partial charge is 0.303 e. The lowest BCUT2D eigenvalue weighted by molar-refractivity contribution is -0.138. The van der Waals surface area contributed by atoms with Crippen LogP contribution in [0.2, 0.25) is 0 Å². The fourth-order valence-electron chi connectivity index (χ4n) is 2.56. The van der Waals surface area contributed by atoms with Crippen molar-refractivity contribution in [3.05, 3.63) is 24.3 Å². The largest absolute Gasteiger partial charge is 0.497 e. The van der Waals surface area contributed by atoms with Crippen molar-refractivity contribution in [2.24, 2.45) is 5.92 Å². The van der Waals surface area contributed by atoms with Crippen LogP contribution in [0.15, 0.2) is 29.2 Å². The van der Waals surface area contributed by atoms with Crippen molar-refractivity contribution in [2.75, 3.05) is 26.0 Å². The van der Waals surface area contributed by atoms with Gasteiger partial charge in [-0.2, -0.15) is 0 Å². The molecule has 0 bridgehead atoms. The first-order chi connectivity index (χ1) is 10.6. The van der Waals surface area contributed by atoms with E-state index < -0.39 is 5.97 Å². The Morgan fingerprint density at radius 2 is 2.09 bits per heavy atom. The SMILES string of the molecule is COc1cccc(SCC(=O)N2CCC(CC(=O)O)CC2)c1. The van der Waals surface area contributed by atoms with Crippen molar-refractivity contribution < 1.29 is 19.4 Å². The summed E-state index contributed by atoms with van der Waals surface area (Å²) in [6.45, 7) is 1.32. The van der Waals surface area contributed by atoms with Gasteiger partial charge in [0.2, 0.25) is 5.91 Å². The van der Waals surface area contributed by atoms with E-state index in [9.17, 15) is 9.59 Å². The molecule has 0 radical (unpaired) electrons. The molecule has 1 amide bonds. The summed E-state index contributed by atoms with van der Waals surface area (Å²) in [5.74, 6) is 0.746. The predicted octanol–water partition coefficient (Wildman–Crippen LogP) is 2.50. The second kappa shape index (κ2) is 8.08. The zero-order valence-electron chi connectivity index (χ0n) is 12.7. The second-order valence-electron chi connectivity index (χ2n) is 5.39. The Morgan fingerprint density at radius 3 is 2.73 bits per heavy atom. The Kier molecular flexibility index (Phi) is 6.12. The zero-order chi connectivity index (χ0) is 15.9. The minimum absolute atomic E-state index is 0.113. The number of aliphatic carboxylic acids is 1. The number of hydrogen-bond donors (Lipinski definition) is 1. The quantitative estimate of drug-likeness (QED) is 0.815. The van der Waals surface area contributed by atoms with Crippen molar-refractivity contribution in [1.82, 2.24) is 4.90 Å². The third-order valence-corrected chi connectivity index (χ3v) is 4.81. The van der Waals surface area contributed by atoms with Gasteiger partial charge in [-0.25, -0.2) is 0 Å². The Morgan fingerprint density at radius 1 is 1.36 bits per heavy atom. The maximum Gasteiger partial charge on any atom is 0.303 e. The van der Waals surface area contributed by atoms with Crippen LogP contribution in [0.3, 0.4) is 0 Å². The third kappa shape index (κ3) is 4.94. The molecule has 0 saturated carbocycles. The summed E-state index contributed by atoms with van der Waals surface area (Å²) in [6, 6.07) is 7.65. The van der Waals surface area contributed by atoms with Crippen LogP contribution < -0.4 is 4.74 Å². The van der Waals surface area contributed by atoms with Crippen LogP contribution >= 0.6 is 11.8 Å². The van der Waals surface area contributed by atoms with Crippen molar-refractivity contribution >= 4 is 23.6 Å². The molecule has 1 saturated heterocycles. The van der Waals surface area contributed by atoms with E-state index in [0.717, 1.165) is 23.5 Å². The molecular formula is C16H21NO4S. The van der Waals surface area contributed by atoms with E-state index in [1.165, 1.54) is 11.8 Å². The van der Waals surface area contributed by atoms with Gasteiger partial charge < -0.3 is 14.7 Å². The average Bonchev–Trinajstić information content (AvgIpc) is 2.53. The molecule has 0 spiro atoms. The van der Waals surface area contributed by atoms with Gasteiger partial charge in [-0.3, -0.25) is 9.59 Å². The maximum absolute atomic E-state index is 12.2. The molecule has 0 atom stereocenters. The van der Waals surface area contributed by atoms with Crippen LogP contribution in [0.5, 0.6) is 5.75 Å². The first-order valence-electron chi connectivity index (χ1n) is 7.35. The van der Waals surface area contributed by atoms with E-state index in [1.54, 1.807) is 7.11 Å². The minimum atomic E-state index is -0.752. The van der Waals surface area contributed by atoms with Gasteiger partial charge in [0.05, 0.1) is 12.9 Å². The highest BCUT2D eigenvalue weighted by Crippen LogP contribution is 2.25. The molecule has 1 N–H and O–H groups in total. The van der Waals surface area contributed by atoms with E-state index in [4.69, 9.17) is 9.84 Å². The van der Waals surface area contributed by atoms with Gasteiger partial charge in [-0.1, -0.05) is 6.07 Å². The molecule has 5 nitrogen and oxygen atoms in total. The third-order valence-electron chi connectivity index (χ3n) is 3.83. The van der Waals surface area contributed by atoms with Gasteiger partial charge >= 0.3 is 5.97 Å². The van der Waals surface area contributed by atoms with Crippen LogP contribution in [0, 0.1) is 5.92 Å². The highest BCUT2D eigenvalue weighted by molar-refractivity contribution is 8.00. The Labute approximate surface area is 134 Å². The first-order valence-corrected chi connectivity index (χ1v) is 8.33. The number of benzene rings is 1. The standard InChI is InChI=1S/C16H21NO4S/c1-21-13-3-2-4-14(10-13)22-11-15(18)17-7-5-12(6-8-17)9-16(19)20/h2-4,10,12H,5-9,11H2,1H3,(H,19,20). The lowest BCUT2D eigenvalue weighted by atomic mass is 9.94. The molecule has 1 aliphatic heterocycles. The average molecular weight is 323 g/mol. The van der Waals surface area contributed by atoms with Crippen LogP contribution in [-0.2, 0) is 9.59 Å². The van der Waals surface area contributed by atoms with E-state index in [1.807, 2.05) is 29.2 Å². The number of thioether (sulfide) groups is 1. The number of methoxy groups -OCH3 is 1. The highest BCUT2D eigenvalue weighted by atomic mass is 32.2. The number of carbonyl (C=O) groups is 2. The van der Waals surface area contributed by atoms with Crippen molar-refractivity contribution in [3.63, 3.8) is 0 Å². The van der Waals surface area contributed by atoms with Gasteiger partial charge in [0.25, 0.3) is 0 Å². The number of carboxylic acid groups (broad SMARTS) is 1. The molecule has 1 heterocycles. The molecule has 1 fully saturated rings. The molecule has 1 aromatic rings. The number of likely N-dealkylation sites (tertiary alicyclic amines) is 1. The minimum Gasteiger partial charge on any atom is -0.497 e. The molecular weight excluding hydrogens is 302 g/mol. The fraction of sp³-hybridized carbons (Fsp3) is 0.500. The fourth-order valence-corrected chi connectivity index (χ4v) is 3.41. The molecule has 1 aliphatic rings. The highest BCUT2D eigenvalue weighted by Gasteiger charge is 2.24. The summed E-state index contributed by atoms with van der Waals surface area (Å²) in [5.41, 5.74) is 0. The summed E-state index contributed by atoms with van der Waals surface area (Å²) < 4.78 is 5.16. The van der Waals surface area contributed by atoms with E-state index in [2.05, 4.69) is 0 Å². The van der Waals surface area contributed by atoms with Gasteiger partial charge in [-0.05, 0) is 37.0 Å². The maximum atomic E-state index is 12.2. The van der Waals surface area contributed by atoms with Crippen LogP contribution in [0.1, 0.15) is 19.3 Å². The molecule has 0 unspecified atom stereocenters. The summed E-state index contributed by atoms with van der Waals surface area (Å²) in [6.07, 6.45) is 1.77. The molecule has 2 rings (SSSR count). The van der Waals surface area contributed by atoms with Crippen molar-refractivity contribution in [2.45, 2.75) is 24.2 Å². The van der Waals surface area contributed by atoms with E-state index in [-0.39, 0.29) is 18.2 Å². The van der Waals surface area contributed by atoms with E-state index in [0.29, 0.717) is 18.8 Å². The number of nitrogens with zero attached hydrogens (tertiary/aromatic N) is 1. The number of amides is 1. The molecule has 1 aromatic carbocycles. The number of rotatable bonds is 6. The normalized spacial score (nSPS) is 15.6. The lowest BCUT2D eigenvalue weighted by Crippen LogP contribution is -2.39. The van der Waals surface area contributed by atoms with Crippen molar-refractivity contribution in [3.8, 4) is 5.75 Å². The molecule has 22 heavy (non-hydrogen) atoms. The Balaban J connectivity index is 1.77. The zero-order valence-corrected chi connectivity index (χ0v) is 13.5. The molecule has 120 valence electrons. The van der Waals surface area contributed by atoms with Crippen molar-refractivity contribution in [1.29, 1.82) is 0 Å². The van der Waals surface area contributed by atoms with Gasteiger partial charge in [0, 0.05) is 24.4 Å². The van der Waals surface area contributed by atoms with Crippen LogP contribution in [0.4, 0.5) is 0 Å². The van der Waals surface area contributed by atoms with Crippen LogP contribution in [-0.4, -0.2) is 47.8 Å². The monoisotopic (exact) mass is 323 g/mol. The molecule has 6 heteroatoms. The van der Waals surface area contributed by atoms with Gasteiger partial charge in [0.15, 0.2) is 0 Å². The summed E-state index contributed by atoms with van der Waals surface area (Å²) in [4.78, 5) is 25.8. The Hall–Kier alpha value is -1.69. The first kappa shape index (κ1) is 16.7. The van der Waals surface area contributed by atoms with Gasteiger partial charge in [-0.15, -0.1) is 11.8 Å².